The van der Waals surface area contributed by atoms with Gasteiger partial charge in [0.1, 0.15) is 0 Å². The molecule has 1 unspecified atom stereocenters. The number of rotatable bonds is 8. The molecule has 1 heterocycles. The molecule has 1 N–H and O–H groups in total. The van der Waals surface area contributed by atoms with E-state index in [4.69, 9.17) is 0 Å². The first-order valence-electron chi connectivity index (χ1n) is 7.65. The van der Waals surface area contributed by atoms with Crippen molar-refractivity contribution in [2.75, 3.05) is 6.54 Å². The number of aryl methyl sites for hydroxylation is 1. The molecule has 0 radical (unpaired) electrons. The van der Waals surface area contributed by atoms with Gasteiger partial charge in [-0.05, 0) is 59.4 Å². The number of halogens is 1. The van der Waals surface area contributed by atoms with Gasteiger partial charge in [-0.25, -0.2) is 0 Å². The average molecular weight is 347 g/mol. The Morgan fingerprint density at radius 2 is 1.95 bits per heavy atom. The van der Waals surface area contributed by atoms with Crippen LogP contribution in [0.15, 0.2) is 53.1 Å². The largest absolute Gasteiger partial charge is 0.314 e. The first-order valence-corrected chi connectivity index (χ1v) is 8.45. The van der Waals surface area contributed by atoms with Crippen LogP contribution in [0.3, 0.4) is 0 Å². The van der Waals surface area contributed by atoms with Crippen molar-refractivity contribution in [2.24, 2.45) is 0 Å². The van der Waals surface area contributed by atoms with Gasteiger partial charge >= 0.3 is 0 Å². The summed E-state index contributed by atoms with van der Waals surface area (Å²) in [6, 6.07) is 15.4. The summed E-state index contributed by atoms with van der Waals surface area (Å²) in [4.78, 5) is 4.49. The summed E-state index contributed by atoms with van der Waals surface area (Å²) < 4.78 is 1.04. The molecule has 0 aliphatic rings. The molecular formula is C18H23BrN2. The molecule has 0 bridgehead atoms. The molecule has 2 rings (SSSR count). The van der Waals surface area contributed by atoms with Crippen LogP contribution in [-0.2, 0) is 12.8 Å². The third-order valence-corrected chi connectivity index (χ3v) is 4.02. The summed E-state index contributed by atoms with van der Waals surface area (Å²) in [6.45, 7) is 3.27. The van der Waals surface area contributed by atoms with Crippen molar-refractivity contribution < 1.29 is 0 Å². The van der Waals surface area contributed by atoms with Gasteiger partial charge in [-0.2, -0.15) is 0 Å². The Kier molecular flexibility index (Phi) is 6.90. The fourth-order valence-electron chi connectivity index (χ4n) is 2.39. The predicted molar refractivity (Wildman–Crippen MR) is 92.5 cm³/mol. The van der Waals surface area contributed by atoms with E-state index in [1.54, 1.807) is 0 Å². The van der Waals surface area contributed by atoms with Crippen molar-refractivity contribution in [3.05, 3.63) is 64.4 Å². The van der Waals surface area contributed by atoms with E-state index in [2.05, 4.69) is 75.6 Å². The standard InChI is InChI=1S/C18H23BrN2/c1-2-12-20-17(10-8-15-6-4-3-5-7-15)13-18-11-9-16(19)14-21-18/h3-7,9,11,14,17,20H,2,8,10,12-13H2,1H3. The highest BCUT2D eigenvalue weighted by Gasteiger charge is 2.10. The Morgan fingerprint density at radius 3 is 2.62 bits per heavy atom. The third-order valence-electron chi connectivity index (χ3n) is 3.55. The van der Waals surface area contributed by atoms with Gasteiger partial charge in [0.25, 0.3) is 0 Å². The molecule has 0 spiro atoms. The molecule has 0 fully saturated rings. The Balaban J connectivity index is 1.92. The van der Waals surface area contributed by atoms with Gasteiger partial charge in [-0.1, -0.05) is 37.3 Å². The van der Waals surface area contributed by atoms with Crippen LogP contribution in [0, 0.1) is 0 Å². The fraction of sp³-hybridized carbons (Fsp3) is 0.389. The van der Waals surface area contributed by atoms with Crippen LogP contribution >= 0.6 is 15.9 Å². The number of benzene rings is 1. The first-order chi connectivity index (χ1) is 10.3. The lowest BCUT2D eigenvalue weighted by Gasteiger charge is -2.18. The molecule has 1 atom stereocenters. The van der Waals surface area contributed by atoms with Crippen LogP contribution in [0.4, 0.5) is 0 Å². The number of aromatic nitrogens is 1. The van der Waals surface area contributed by atoms with Crippen LogP contribution in [0.25, 0.3) is 0 Å². The van der Waals surface area contributed by atoms with Crippen molar-refractivity contribution in [1.82, 2.24) is 10.3 Å². The minimum Gasteiger partial charge on any atom is -0.314 e. The van der Waals surface area contributed by atoms with Gasteiger partial charge in [0.05, 0.1) is 0 Å². The highest BCUT2D eigenvalue weighted by atomic mass is 79.9. The van der Waals surface area contributed by atoms with Crippen LogP contribution < -0.4 is 5.32 Å². The van der Waals surface area contributed by atoms with E-state index in [-0.39, 0.29) is 0 Å². The minimum atomic E-state index is 0.485. The molecule has 2 aromatic rings. The summed E-state index contributed by atoms with van der Waals surface area (Å²) in [6.07, 6.45) is 6.28. The molecule has 1 aromatic heterocycles. The van der Waals surface area contributed by atoms with E-state index in [0.717, 1.165) is 42.4 Å². The molecule has 0 saturated carbocycles. The molecular weight excluding hydrogens is 324 g/mol. The van der Waals surface area contributed by atoms with E-state index in [9.17, 15) is 0 Å². The summed E-state index contributed by atoms with van der Waals surface area (Å²) in [7, 11) is 0. The Bertz CT molecular complexity index is 511. The molecule has 0 aliphatic heterocycles. The van der Waals surface area contributed by atoms with E-state index >= 15 is 0 Å². The molecule has 0 aliphatic carbocycles. The van der Waals surface area contributed by atoms with Gasteiger partial charge < -0.3 is 5.32 Å². The number of nitrogens with one attached hydrogen (secondary N) is 1. The van der Waals surface area contributed by atoms with E-state index in [0.29, 0.717) is 6.04 Å². The minimum absolute atomic E-state index is 0.485. The van der Waals surface area contributed by atoms with Crippen molar-refractivity contribution >= 4 is 15.9 Å². The molecule has 112 valence electrons. The summed E-state index contributed by atoms with van der Waals surface area (Å²) in [5, 5.41) is 3.65. The van der Waals surface area contributed by atoms with E-state index in [1.165, 1.54) is 5.56 Å². The second-order valence-corrected chi connectivity index (χ2v) is 6.26. The van der Waals surface area contributed by atoms with Gasteiger partial charge in [0.15, 0.2) is 0 Å². The lowest BCUT2D eigenvalue weighted by molar-refractivity contribution is 0.474. The number of pyridine rings is 1. The molecule has 0 amide bonds. The van der Waals surface area contributed by atoms with E-state index < -0.39 is 0 Å². The predicted octanol–water partition coefficient (Wildman–Crippen LogP) is 4.39. The smallest absolute Gasteiger partial charge is 0.0419 e. The fourth-order valence-corrected chi connectivity index (χ4v) is 2.62. The maximum absolute atomic E-state index is 4.49. The summed E-state index contributed by atoms with van der Waals surface area (Å²) in [5.74, 6) is 0. The SMILES string of the molecule is CCCNC(CCc1ccccc1)Cc1ccc(Br)cn1. The maximum Gasteiger partial charge on any atom is 0.0419 e. The van der Waals surface area contributed by atoms with Crippen LogP contribution in [-0.4, -0.2) is 17.6 Å². The lowest BCUT2D eigenvalue weighted by atomic mass is 10.0. The Morgan fingerprint density at radius 1 is 1.14 bits per heavy atom. The normalized spacial score (nSPS) is 12.3. The highest BCUT2D eigenvalue weighted by Crippen LogP contribution is 2.12. The van der Waals surface area contributed by atoms with Crippen molar-refractivity contribution in [1.29, 1.82) is 0 Å². The van der Waals surface area contributed by atoms with Crippen molar-refractivity contribution in [3.8, 4) is 0 Å². The second kappa shape index (κ2) is 8.96. The van der Waals surface area contributed by atoms with E-state index in [1.807, 2.05) is 6.20 Å². The Hall–Kier alpha value is -1.19. The topological polar surface area (TPSA) is 24.9 Å². The number of hydrogen-bond acceptors (Lipinski definition) is 2. The quantitative estimate of drug-likeness (QED) is 0.766. The summed E-state index contributed by atoms with van der Waals surface area (Å²) >= 11 is 3.44. The van der Waals surface area contributed by atoms with Gasteiger partial charge in [0.2, 0.25) is 0 Å². The first kappa shape index (κ1) is 16.2. The number of hydrogen-bond donors (Lipinski definition) is 1. The van der Waals surface area contributed by atoms with Crippen LogP contribution in [0.1, 0.15) is 31.0 Å². The third kappa shape index (κ3) is 5.98. The number of nitrogens with zero attached hydrogens (tertiary/aromatic N) is 1. The zero-order valence-electron chi connectivity index (χ0n) is 12.6. The average Bonchev–Trinajstić information content (AvgIpc) is 2.53. The molecule has 21 heavy (non-hydrogen) atoms. The Labute approximate surface area is 136 Å². The molecule has 0 saturated heterocycles. The van der Waals surface area contributed by atoms with Crippen molar-refractivity contribution in [2.45, 2.75) is 38.6 Å². The van der Waals surface area contributed by atoms with Gasteiger partial charge in [-0.15, -0.1) is 0 Å². The lowest BCUT2D eigenvalue weighted by Crippen LogP contribution is -2.32. The van der Waals surface area contributed by atoms with Crippen molar-refractivity contribution in [3.63, 3.8) is 0 Å². The monoisotopic (exact) mass is 346 g/mol. The van der Waals surface area contributed by atoms with Crippen LogP contribution in [0.2, 0.25) is 0 Å². The molecule has 1 aromatic carbocycles. The van der Waals surface area contributed by atoms with Gasteiger partial charge in [-0.3, -0.25) is 4.98 Å². The zero-order valence-corrected chi connectivity index (χ0v) is 14.1. The molecule has 3 heteroatoms. The highest BCUT2D eigenvalue weighted by molar-refractivity contribution is 9.10. The maximum atomic E-state index is 4.49. The zero-order chi connectivity index (χ0) is 14.9. The second-order valence-electron chi connectivity index (χ2n) is 5.35. The van der Waals surface area contributed by atoms with Crippen LogP contribution in [0.5, 0.6) is 0 Å². The van der Waals surface area contributed by atoms with Gasteiger partial charge in [0, 0.05) is 28.8 Å². The molecule has 2 nitrogen and oxygen atoms in total. The summed E-state index contributed by atoms with van der Waals surface area (Å²) in [5.41, 5.74) is 2.56.